The van der Waals surface area contributed by atoms with Crippen LogP contribution in [0.15, 0.2) is 35.1 Å². The molecule has 2 rings (SSSR count). The van der Waals surface area contributed by atoms with Crippen molar-refractivity contribution in [2.45, 2.75) is 13.3 Å². The van der Waals surface area contributed by atoms with Crippen LogP contribution in [0.3, 0.4) is 0 Å². The van der Waals surface area contributed by atoms with E-state index in [9.17, 15) is 13.6 Å². The highest BCUT2D eigenvalue weighted by Gasteiger charge is 2.12. The van der Waals surface area contributed by atoms with Crippen LogP contribution in [0.1, 0.15) is 17.7 Å². The molecule has 0 aliphatic heterocycles. The number of aromatic nitrogens is 2. The fraction of sp³-hybridized carbons (Fsp3) is 0.182. The molecular formula is C11H10F2N2O. The van der Waals surface area contributed by atoms with E-state index < -0.39 is 12.0 Å². The van der Waals surface area contributed by atoms with Crippen molar-refractivity contribution in [3.63, 3.8) is 0 Å². The highest BCUT2D eigenvalue weighted by Crippen LogP contribution is 2.15. The predicted octanol–water partition coefficient (Wildman–Crippen LogP) is 2.41. The normalized spacial score (nSPS) is 11.0. The first-order valence-corrected chi connectivity index (χ1v) is 4.75. The lowest BCUT2D eigenvalue weighted by atomic mass is 10.2. The van der Waals surface area contributed by atoms with Crippen LogP contribution in [-0.2, 0) is 0 Å². The van der Waals surface area contributed by atoms with Crippen molar-refractivity contribution in [3.8, 4) is 5.69 Å². The molecule has 1 N–H and O–H groups in total. The molecule has 1 heterocycles. The van der Waals surface area contributed by atoms with E-state index in [1.807, 2.05) is 13.0 Å². The van der Waals surface area contributed by atoms with Gasteiger partial charge < -0.3 is 0 Å². The number of halogens is 2. The highest BCUT2D eigenvalue weighted by atomic mass is 19.3. The minimum Gasteiger partial charge on any atom is -0.289 e. The van der Waals surface area contributed by atoms with Gasteiger partial charge in [-0.2, -0.15) is 0 Å². The lowest BCUT2D eigenvalue weighted by Gasteiger charge is -2.02. The summed E-state index contributed by atoms with van der Waals surface area (Å²) >= 11 is 0. The first-order valence-electron chi connectivity index (χ1n) is 4.75. The number of nitrogens with one attached hydrogen (secondary N) is 1. The van der Waals surface area contributed by atoms with Crippen molar-refractivity contribution in [1.82, 2.24) is 9.78 Å². The van der Waals surface area contributed by atoms with E-state index in [1.54, 1.807) is 18.2 Å². The molecule has 1 aromatic heterocycles. The molecule has 0 fully saturated rings. The smallest absolute Gasteiger partial charge is 0.279 e. The Bertz CT molecular complexity index is 557. The zero-order valence-electron chi connectivity index (χ0n) is 8.58. The van der Waals surface area contributed by atoms with E-state index in [0.717, 1.165) is 16.3 Å². The van der Waals surface area contributed by atoms with Crippen molar-refractivity contribution in [1.29, 1.82) is 0 Å². The van der Waals surface area contributed by atoms with Crippen LogP contribution in [-0.4, -0.2) is 9.78 Å². The van der Waals surface area contributed by atoms with E-state index in [0.29, 0.717) is 5.69 Å². The van der Waals surface area contributed by atoms with Crippen molar-refractivity contribution < 1.29 is 8.78 Å². The van der Waals surface area contributed by atoms with Gasteiger partial charge in [-0.15, -0.1) is 0 Å². The first kappa shape index (κ1) is 10.6. The Kier molecular flexibility index (Phi) is 2.60. The second kappa shape index (κ2) is 3.92. The van der Waals surface area contributed by atoms with E-state index in [4.69, 9.17) is 0 Å². The largest absolute Gasteiger partial charge is 0.289 e. The number of H-pyrrole nitrogens is 1. The van der Waals surface area contributed by atoms with Gasteiger partial charge in [-0.3, -0.25) is 9.89 Å². The van der Waals surface area contributed by atoms with Gasteiger partial charge in [-0.25, -0.2) is 13.5 Å². The summed E-state index contributed by atoms with van der Waals surface area (Å²) in [6.45, 7) is 1.87. The van der Waals surface area contributed by atoms with Gasteiger partial charge in [0.25, 0.3) is 12.0 Å². The maximum atomic E-state index is 12.4. The van der Waals surface area contributed by atoms with E-state index in [-0.39, 0.29) is 5.69 Å². The molecule has 0 atom stereocenters. The van der Waals surface area contributed by atoms with Crippen LogP contribution in [0, 0.1) is 6.92 Å². The van der Waals surface area contributed by atoms with Gasteiger partial charge >= 0.3 is 0 Å². The van der Waals surface area contributed by atoms with E-state index in [2.05, 4.69) is 5.10 Å². The van der Waals surface area contributed by atoms with Gasteiger partial charge in [0.1, 0.15) is 5.69 Å². The molecule has 0 aliphatic rings. The molecule has 0 spiro atoms. The van der Waals surface area contributed by atoms with Crippen LogP contribution < -0.4 is 5.56 Å². The fourth-order valence-electron chi connectivity index (χ4n) is 1.48. The molecule has 0 saturated carbocycles. The summed E-state index contributed by atoms with van der Waals surface area (Å²) in [6, 6.07) is 7.96. The lowest BCUT2D eigenvalue weighted by molar-refractivity contribution is 0.145. The number of hydrogen-bond donors (Lipinski definition) is 1. The molecule has 0 unspecified atom stereocenters. The molecule has 0 bridgehead atoms. The molecule has 0 amide bonds. The quantitative estimate of drug-likeness (QED) is 0.835. The Balaban J connectivity index is 2.52. The molecule has 1 aromatic carbocycles. The van der Waals surface area contributed by atoms with Gasteiger partial charge in [-0.1, -0.05) is 12.1 Å². The summed E-state index contributed by atoms with van der Waals surface area (Å²) in [6.07, 6.45) is -2.67. The molecule has 16 heavy (non-hydrogen) atoms. The van der Waals surface area contributed by atoms with Gasteiger partial charge in [0.2, 0.25) is 0 Å². The Labute approximate surface area is 90.3 Å². The Morgan fingerprint density at radius 2 is 2.06 bits per heavy atom. The second-order valence-corrected chi connectivity index (χ2v) is 3.52. The van der Waals surface area contributed by atoms with Crippen LogP contribution >= 0.6 is 0 Å². The number of nitrogens with zero attached hydrogens (tertiary/aromatic N) is 1. The number of aryl methyl sites for hydroxylation is 1. The summed E-state index contributed by atoms with van der Waals surface area (Å²) in [5.74, 6) is 0. The second-order valence-electron chi connectivity index (χ2n) is 3.52. The van der Waals surface area contributed by atoms with Crippen LogP contribution in [0.25, 0.3) is 5.69 Å². The topological polar surface area (TPSA) is 37.8 Å². The van der Waals surface area contributed by atoms with Gasteiger partial charge in [0.15, 0.2) is 0 Å². The number of rotatable bonds is 2. The molecule has 84 valence electrons. The molecule has 0 saturated heterocycles. The van der Waals surface area contributed by atoms with Crippen LogP contribution in [0.5, 0.6) is 0 Å². The van der Waals surface area contributed by atoms with Gasteiger partial charge in [0.05, 0.1) is 5.69 Å². The minimum absolute atomic E-state index is 0.369. The average Bonchev–Trinajstić information content (AvgIpc) is 2.60. The summed E-state index contributed by atoms with van der Waals surface area (Å²) in [5.41, 5.74) is 0.655. The number of benzene rings is 1. The number of aromatic amines is 1. The molecular weight excluding hydrogens is 214 g/mol. The Morgan fingerprint density at radius 1 is 1.31 bits per heavy atom. The Hall–Kier alpha value is -1.91. The zero-order valence-corrected chi connectivity index (χ0v) is 8.58. The molecule has 3 nitrogen and oxygen atoms in total. The molecule has 0 aliphatic carbocycles. The van der Waals surface area contributed by atoms with Crippen molar-refractivity contribution in [2.75, 3.05) is 0 Å². The predicted molar refractivity (Wildman–Crippen MR) is 56.1 cm³/mol. The van der Waals surface area contributed by atoms with Gasteiger partial charge in [0, 0.05) is 6.07 Å². The van der Waals surface area contributed by atoms with E-state index >= 15 is 0 Å². The maximum Gasteiger partial charge on any atom is 0.279 e. The summed E-state index contributed by atoms with van der Waals surface area (Å²) < 4.78 is 25.8. The van der Waals surface area contributed by atoms with Crippen LogP contribution in [0.2, 0.25) is 0 Å². The highest BCUT2D eigenvalue weighted by molar-refractivity contribution is 5.34. The standard InChI is InChI=1S/C11H10F2N2O/c1-7-3-2-4-8(5-7)15-10(16)6-9(14-15)11(12)13/h2-6,11,14H,1H3. The van der Waals surface area contributed by atoms with Crippen molar-refractivity contribution >= 4 is 0 Å². The summed E-state index contributed by atoms with van der Waals surface area (Å²) in [4.78, 5) is 11.5. The summed E-state index contributed by atoms with van der Waals surface area (Å²) in [7, 11) is 0. The molecule has 2 aromatic rings. The minimum atomic E-state index is -2.67. The van der Waals surface area contributed by atoms with Crippen molar-refractivity contribution in [3.05, 3.63) is 51.9 Å². The summed E-state index contributed by atoms with van der Waals surface area (Å²) in [5, 5.41) is 2.38. The zero-order chi connectivity index (χ0) is 11.7. The number of alkyl halides is 2. The third-order valence-electron chi connectivity index (χ3n) is 2.24. The molecule has 5 heteroatoms. The van der Waals surface area contributed by atoms with Crippen molar-refractivity contribution in [2.24, 2.45) is 0 Å². The fourth-order valence-corrected chi connectivity index (χ4v) is 1.48. The maximum absolute atomic E-state index is 12.4. The Morgan fingerprint density at radius 3 is 2.62 bits per heavy atom. The monoisotopic (exact) mass is 224 g/mol. The lowest BCUT2D eigenvalue weighted by Crippen LogP contribution is -2.13. The SMILES string of the molecule is Cc1cccc(-n2[nH]c(C(F)F)cc2=O)c1. The third-order valence-corrected chi connectivity index (χ3v) is 2.24. The third kappa shape index (κ3) is 1.88. The number of hydrogen-bond acceptors (Lipinski definition) is 1. The molecule has 0 radical (unpaired) electrons. The average molecular weight is 224 g/mol. The van der Waals surface area contributed by atoms with Crippen LogP contribution in [0.4, 0.5) is 8.78 Å². The van der Waals surface area contributed by atoms with Gasteiger partial charge in [-0.05, 0) is 24.6 Å². The van der Waals surface area contributed by atoms with E-state index in [1.165, 1.54) is 0 Å². The first-order chi connectivity index (χ1) is 7.58.